The van der Waals surface area contributed by atoms with Gasteiger partial charge in [-0.3, -0.25) is 14.5 Å². The third-order valence-corrected chi connectivity index (χ3v) is 13.4. The smallest absolute Gasteiger partial charge is 0.232 e. The summed E-state index contributed by atoms with van der Waals surface area (Å²) in [6.45, 7) is 10.5. The summed E-state index contributed by atoms with van der Waals surface area (Å²) in [5, 5.41) is 9.88. The van der Waals surface area contributed by atoms with Crippen LogP contribution < -0.4 is 21.7 Å². The zero-order chi connectivity index (χ0) is 34.2. The molecule has 48 heavy (non-hydrogen) atoms. The molecule has 270 valence electrons. The summed E-state index contributed by atoms with van der Waals surface area (Å²) < 4.78 is 31.5. The molecule has 0 aromatic carbocycles. The number of alkyl halides is 2. The topological polar surface area (TPSA) is 103 Å². The van der Waals surface area contributed by atoms with Crippen LogP contribution in [0.2, 0.25) is 0 Å². The summed E-state index contributed by atoms with van der Waals surface area (Å²) >= 11 is 0. The Morgan fingerprint density at radius 3 is 2.60 bits per heavy atom. The van der Waals surface area contributed by atoms with E-state index in [4.69, 9.17) is 5.73 Å². The molecule has 6 aliphatic heterocycles. The van der Waals surface area contributed by atoms with Crippen LogP contribution in [0, 0.1) is 17.8 Å². The molecule has 0 saturated carbocycles. The van der Waals surface area contributed by atoms with Gasteiger partial charge in [0, 0.05) is 55.5 Å². The van der Waals surface area contributed by atoms with E-state index in [1.165, 1.54) is 18.4 Å². The number of hydrogen-bond donors (Lipinski definition) is 4. The second kappa shape index (κ2) is 15.1. The minimum Gasteiger partial charge on any atom is -0.372 e. The number of amides is 1. The molecule has 0 radical (unpaired) electrons. The number of carbonyl (C=O) groups excluding carboxylic acids is 2. The molecule has 11 heteroatoms. The number of hydrogen-bond acceptors (Lipinski definition) is 7. The molecule has 9 nitrogen and oxygen atoms in total. The quantitative estimate of drug-likeness (QED) is 0.232. The molecule has 3 bridgehead atoms. The van der Waals surface area contributed by atoms with Gasteiger partial charge in [-0.2, -0.15) is 0 Å². The first-order valence-electron chi connectivity index (χ1n) is 19.0. The molecular weight excluding hydrogens is 612 g/mol. The summed E-state index contributed by atoms with van der Waals surface area (Å²) in [6.07, 6.45) is 9.15. The van der Waals surface area contributed by atoms with Crippen LogP contribution in [-0.2, 0) is 9.59 Å². The van der Waals surface area contributed by atoms with E-state index in [1.807, 2.05) is 6.08 Å². The number of piperidine rings is 3. The van der Waals surface area contributed by atoms with E-state index in [-0.39, 0.29) is 30.2 Å². The number of nitrogens with two attached hydrogens (primary N) is 1. The lowest BCUT2D eigenvalue weighted by molar-refractivity contribution is -0.961. The number of Topliss-reactive ketones (excluding diaryl/α,β-unsaturated/α-hetero) is 1. The van der Waals surface area contributed by atoms with E-state index >= 15 is 8.78 Å². The van der Waals surface area contributed by atoms with E-state index in [0.29, 0.717) is 74.3 Å². The Morgan fingerprint density at radius 1 is 1.10 bits per heavy atom. The Bertz CT molecular complexity index is 1220. The van der Waals surface area contributed by atoms with Crippen LogP contribution in [0.1, 0.15) is 78.6 Å². The Morgan fingerprint density at radius 2 is 1.88 bits per heavy atom. The lowest BCUT2D eigenvalue weighted by atomic mass is 9.81. The van der Waals surface area contributed by atoms with Crippen molar-refractivity contribution in [3.8, 4) is 0 Å². The van der Waals surface area contributed by atoms with Crippen LogP contribution >= 0.6 is 0 Å². The van der Waals surface area contributed by atoms with E-state index < -0.39 is 36.5 Å². The predicted octanol–water partition coefficient (Wildman–Crippen LogP) is 3.02. The Labute approximate surface area is 287 Å². The summed E-state index contributed by atoms with van der Waals surface area (Å²) in [4.78, 5) is 32.1. The summed E-state index contributed by atoms with van der Waals surface area (Å²) in [5.74, 6) is -0.198. The van der Waals surface area contributed by atoms with Crippen LogP contribution in [0.15, 0.2) is 23.4 Å². The summed E-state index contributed by atoms with van der Waals surface area (Å²) in [7, 11) is 2.20. The highest BCUT2D eigenvalue weighted by Gasteiger charge is 2.52. The van der Waals surface area contributed by atoms with Crippen LogP contribution in [0.3, 0.4) is 0 Å². The maximum absolute atomic E-state index is 15.7. The Balaban J connectivity index is 1.08. The van der Waals surface area contributed by atoms with Gasteiger partial charge < -0.3 is 31.1 Å². The highest BCUT2D eigenvalue weighted by molar-refractivity contribution is 5.82. The van der Waals surface area contributed by atoms with Crippen molar-refractivity contribution in [2.75, 3.05) is 52.9 Å². The number of carbonyl (C=O) groups is 2. The number of nitrogens with zero attached hydrogens (tertiary/aromatic N) is 3. The molecule has 1 amide bonds. The lowest BCUT2D eigenvalue weighted by Gasteiger charge is -2.54. The monoisotopic (exact) mass is 674 g/mol. The lowest BCUT2D eigenvalue weighted by Crippen LogP contribution is -2.72. The number of nitrogens with one attached hydrogen (secondary N) is 3. The van der Waals surface area contributed by atoms with Crippen molar-refractivity contribution in [2.45, 2.75) is 127 Å². The van der Waals surface area contributed by atoms with Gasteiger partial charge in [-0.05, 0) is 85.9 Å². The van der Waals surface area contributed by atoms with E-state index in [0.717, 1.165) is 38.0 Å². The van der Waals surface area contributed by atoms with Crippen molar-refractivity contribution >= 4 is 11.7 Å². The normalized spacial score (nSPS) is 41.8. The van der Waals surface area contributed by atoms with Crippen LogP contribution in [0.4, 0.5) is 8.78 Å². The van der Waals surface area contributed by atoms with Gasteiger partial charge in [-0.15, -0.1) is 0 Å². The maximum Gasteiger partial charge on any atom is 0.232 e. The second-order valence-electron chi connectivity index (χ2n) is 16.3. The van der Waals surface area contributed by atoms with Gasteiger partial charge in [-0.1, -0.05) is 17.7 Å². The van der Waals surface area contributed by atoms with Gasteiger partial charge in [0.25, 0.3) is 0 Å². The molecule has 0 aromatic heterocycles. The Hall–Kier alpha value is -1.92. The highest BCUT2D eigenvalue weighted by atomic mass is 19.1. The van der Waals surface area contributed by atoms with Crippen molar-refractivity contribution < 1.29 is 22.9 Å². The molecular formula is C37H62F2N7O2+. The molecule has 6 heterocycles. The molecule has 0 spiro atoms. The summed E-state index contributed by atoms with van der Waals surface area (Å²) in [5.41, 5.74) is 9.05. The van der Waals surface area contributed by atoms with Crippen LogP contribution in [-0.4, -0.2) is 128 Å². The SMILES string of the molecule is CC(=CCC(=O)C1CCN(C2C(F)CNCC2NC(=O)C2C(N)NC3=CCC(F)C[N+]4(CCCC3C4)C2C)CC1)CC1CCC(C)N1C. The van der Waals surface area contributed by atoms with E-state index in [1.54, 1.807) is 0 Å². The average molecular weight is 675 g/mol. The van der Waals surface area contributed by atoms with Gasteiger partial charge >= 0.3 is 0 Å². The molecule has 5 N–H and O–H groups in total. The minimum absolute atomic E-state index is 0.0134. The molecule has 5 fully saturated rings. The molecule has 6 rings (SSSR count). The number of halogens is 2. The molecule has 11 unspecified atom stereocenters. The van der Waals surface area contributed by atoms with Crippen molar-refractivity contribution in [3.05, 3.63) is 23.4 Å². The van der Waals surface area contributed by atoms with E-state index in [9.17, 15) is 9.59 Å². The van der Waals surface area contributed by atoms with E-state index in [2.05, 4.69) is 59.6 Å². The van der Waals surface area contributed by atoms with Crippen molar-refractivity contribution in [1.29, 1.82) is 0 Å². The molecule has 11 atom stereocenters. The van der Waals surface area contributed by atoms with Gasteiger partial charge in [0.1, 0.15) is 30.5 Å². The molecule has 0 aromatic rings. The first-order chi connectivity index (χ1) is 23.0. The standard InChI is InChI=1S/C37H61F2N7O2/c1-23(18-29-10-8-24(2)44(29)4)7-12-33(47)26-13-15-45(16-14-26)35-30(39)19-41-20-32(35)43-37(48)34-25(3)46-17-5-6-27(21-46)31(42-36(34)40)11-9-28(38)22-46/h7,11,24-30,32,34-36,41-42H,5-6,8-10,12-22,40H2,1-4H3/p+1. The summed E-state index contributed by atoms with van der Waals surface area (Å²) in [6, 6.07) is 0.106. The number of rotatable bonds is 8. The van der Waals surface area contributed by atoms with Gasteiger partial charge in [0.2, 0.25) is 5.91 Å². The fourth-order valence-electron chi connectivity index (χ4n) is 10.2. The zero-order valence-corrected chi connectivity index (χ0v) is 29.8. The first kappa shape index (κ1) is 35.9. The van der Waals surface area contributed by atoms with Gasteiger partial charge in [0.15, 0.2) is 6.17 Å². The number of quaternary nitrogens is 1. The average Bonchev–Trinajstić information content (AvgIpc) is 3.37. The molecule has 0 aliphatic carbocycles. The van der Waals surface area contributed by atoms with Crippen molar-refractivity contribution in [1.82, 2.24) is 25.8 Å². The third-order valence-electron chi connectivity index (χ3n) is 13.4. The molecule has 5 saturated heterocycles. The predicted molar refractivity (Wildman–Crippen MR) is 185 cm³/mol. The largest absolute Gasteiger partial charge is 0.372 e. The highest BCUT2D eigenvalue weighted by Crippen LogP contribution is 2.38. The number of likely N-dealkylation sites (tertiary alicyclic amines) is 2. The van der Waals surface area contributed by atoms with Crippen LogP contribution in [0.25, 0.3) is 0 Å². The number of ketones is 1. The van der Waals surface area contributed by atoms with Crippen LogP contribution in [0.5, 0.6) is 0 Å². The number of allylic oxidation sites excluding steroid dienone is 2. The first-order valence-corrected chi connectivity index (χ1v) is 19.0. The van der Waals surface area contributed by atoms with Crippen molar-refractivity contribution in [2.24, 2.45) is 23.5 Å². The Kier molecular flexibility index (Phi) is 11.3. The third kappa shape index (κ3) is 7.55. The van der Waals surface area contributed by atoms with Gasteiger partial charge in [-0.25, -0.2) is 8.78 Å². The zero-order valence-electron chi connectivity index (χ0n) is 29.8. The fourth-order valence-corrected chi connectivity index (χ4v) is 10.2. The molecule has 6 aliphatic rings. The fraction of sp³-hybridized carbons (Fsp3) is 0.838. The second-order valence-corrected chi connectivity index (χ2v) is 16.3. The minimum atomic E-state index is -1.14. The van der Waals surface area contributed by atoms with Gasteiger partial charge in [0.05, 0.1) is 31.3 Å². The van der Waals surface area contributed by atoms with Crippen molar-refractivity contribution in [3.63, 3.8) is 0 Å². The maximum atomic E-state index is 15.7.